The smallest absolute Gasteiger partial charge is 0.427 e. The molecule has 0 radical (unpaired) electrons. The Bertz CT molecular complexity index is 285. The summed E-state index contributed by atoms with van der Waals surface area (Å²) < 4.78 is 4.75. The van der Waals surface area contributed by atoms with Crippen LogP contribution in [0.2, 0.25) is 0 Å². The number of amides is 1. The molecule has 0 aliphatic heterocycles. The number of nitrogens with one attached hydrogen (secondary N) is 1. The fourth-order valence-corrected chi connectivity index (χ4v) is 2.49. The highest BCUT2D eigenvalue weighted by molar-refractivity contribution is 5.86. The molecule has 1 fully saturated rings. The summed E-state index contributed by atoms with van der Waals surface area (Å²) >= 11 is 0. The zero-order chi connectivity index (χ0) is 12.2. The van der Waals surface area contributed by atoms with Crippen LogP contribution in [0.3, 0.4) is 0 Å². The van der Waals surface area contributed by atoms with Crippen LogP contribution in [-0.2, 0) is 4.74 Å². The molecular weight excluding hydrogens is 204 g/mol. The predicted octanol–water partition coefficient (Wildman–Crippen LogP) is 2.93. The zero-order valence-electron chi connectivity index (χ0n) is 10.7. The summed E-state index contributed by atoms with van der Waals surface area (Å²) in [6.45, 7) is 8.85. The van der Waals surface area contributed by atoms with E-state index in [2.05, 4.69) is 31.3 Å². The van der Waals surface area contributed by atoms with Crippen LogP contribution >= 0.6 is 0 Å². The second-order valence-electron chi connectivity index (χ2n) is 5.36. The number of hydrazone groups is 1. The maximum atomic E-state index is 11.1. The van der Waals surface area contributed by atoms with Gasteiger partial charge in [0, 0.05) is 5.71 Å². The molecule has 1 N–H and O–H groups in total. The first-order chi connectivity index (χ1) is 7.43. The highest BCUT2D eigenvalue weighted by Gasteiger charge is 2.29. The Morgan fingerprint density at radius 2 is 2.31 bits per heavy atom. The Morgan fingerprint density at radius 1 is 1.62 bits per heavy atom. The maximum absolute atomic E-state index is 11.1. The first-order valence-electron chi connectivity index (χ1n) is 5.91. The van der Waals surface area contributed by atoms with Gasteiger partial charge in [-0.15, -0.1) is 0 Å². The normalized spacial score (nSPS) is 26.5. The van der Waals surface area contributed by atoms with Gasteiger partial charge in [-0.05, 0) is 37.5 Å². The Kier molecular flexibility index (Phi) is 4.33. The molecule has 4 nitrogen and oxygen atoms in total. The Morgan fingerprint density at radius 3 is 2.88 bits per heavy atom. The van der Waals surface area contributed by atoms with Gasteiger partial charge in [-0.1, -0.05) is 20.8 Å². The molecule has 1 aliphatic rings. The van der Waals surface area contributed by atoms with Crippen LogP contribution in [0, 0.1) is 11.3 Å². The Hall–Kier alpha value is -1.06. The van der Waals surface area contributed by atoms with Gasteiger partial charge in [0.2, 0.25) is 0 Å². The van der Waals surface area contributed by atoms with E-state index in [1.54, 1.807) is 6.92 Å². The standard InChI is InChI=1S/C12H22N2O2/c1-5-16-11(15)14-13-10-6-9(2)7-12(3,4)8-10/h9H,5-8H2,1-4H3,(H,14,15)/t9-/m1/s1. The second-order valence-corrected chi connectivity index (χ2v) is 5.36. The molecule has 92 valence electrons. The van der Waals surface area contributed by atoms with Crippen molar-refractivity contribution in [3.63, 3.8) is 0 Å². The van der Waals surface area contributed by atoms with Gasteiger partial charge in [0.15, 0.2) is 0 Å². The van der Waals surface area contributed by atoms with Crippen LogP contribution in [-0.4, -0.2) is 18.4 Å². The number of ether oxygens (including phenoxy) is 1. The summed E-state index contributed by atoms with van der Waals surface area (Å²) in [4.78, 5) is 11.1. The van der Waals surface area contributed by atoms with E-state index < -0.39 is 6.09 Å². The van der Waals surface area contributed by atoms with Gasteiger partial charge in [-0.25, -0.2) is 10.2 Å². The summed E-state index contributed by atoms with van der Waals surface area (Å²) in [6.07, 6.45) is 2.66. The highest BCUT2D eigenvalue weighted by Crippen LogP contribution is 2.36. The van der Waals surface area contributed by atoms with Crippen LogP contribution in [0.15, 0.2) is 5.10 Å². The van der Waals surface area contributed by atoms with Crippen molar-refractivity contribution in [2.24, 2.45) is 16.4 Å². The van der Waals surface area contributed by atoms with Crippen molar-refractivity contribution in [3.05, 3.63) is 0 Å². The number of carbonyl (C=O) groups excluding carboxylic acids is 1. The average Bonchev–Trinajstić information content (AvgIpc) is 2.12. The van der Waals surface area contributed by atoms with Gasteiger partial charge in [0.25, 0.3) is 0 Å². The molecule has 1 atom stereocenters. The number of rotatable bonds is 2. The first kappa shape index (κ1) is 13.0. The lowest BCUT2D eigenvalue weighted by molar-refractivity contribution is 0.152. The average molecular weight is 226 g/mol. The summed E-state index contributed by atoms with van der Waals surface area (Å²) in [6, 6.07) is 0. The van der Waals surface area contributed by atoms with Crippen molar-refractivity contribution in [2.75, 3.05) is 6.61 Å². The van der Waals surface area contributed by atoms with Gasteiger partial charge >= 0.3 is 6.09 Å². The van der Waals surface area contributed by atoms with E-state index in [0.717, 1.165) is 18.6 Å². The lowest BCUT2D eigenvalue weighted by Gasteiger charge is -2.34. The fourth-order valence-electron chi connectivity index (χ4n) is 2.49. The molecule has 0 aromatic heterocycles. The first-order valence-corrected chi connectivity index (χ1v) is 5.91. The molecule has 0 aromatic carbocycles. The minimum atomic E-state index is -0.467. The molecule has 0 heterocycles. The molecular formula is C12H22N2O2. The van der Waals surface area contributed by atoms with Crippen LogP contribution in [0.5, 0.6) is 0 Å². The van der Waals surface area contributed by atoms with Crippen molar-refractivity contribution < 1.29 is 9.53 Å². The maximum Gasteiger partial charge on any atom is 0.427 e. The molecule has 1 rings (SSSR count). The SMILES string of the molecule is CCOC(=O)NN=C1C[C@@H](C)CC(C)(C)C1. The molecule has 16 heavy (non-hydrogen) atoms. The molecule has 0 aromatic rings. The number of carbonyl (C=O) groups is 1. The third-order valence-corrected chi connectivity index (χ3v) is 2.75. The van der Waals surface area contributed by atoms with Crippen molar-refractivity contribution in [1.82, 2.24) is 5.43 Å². The Labute approximate surface area is 97.4 Å². The molecule has 0 saturated heterocycles. The summed E-state index contributed by atoms with van der Waals surface area (Å²) in [5.74, 6) is 0.631. The number of hydrogen-bond donors (Lipinski definition) is 1. The van der Waals surface area contributed by atoms with Crippen LogP contribution < -0.4 is 5.43 Å². The van der Waals surface area contributed by atoms with Gasteiger partial charge in [0.05, 0.1) is 6.61 Å². The summed E-state index contributed by atoms with van der Waals surface area (Å²) in [5.41, 5.74) is 3.79. The van der Waals surface area contributed by atoms with E-state index in [1.165, 1.54) is 6.42 Å². The van der Waals surface area contributed by atoms with Crippen molar-refractivity contribution >= 4 is 11.8 Å². The fraction of sp³-hybridized carbons (Fsp3) is 0.833. The second kappa shape index (κ2) is 5.32. The van der Waals surface area contributed by atoms with E-state index in [-0.39, 0.29) is 5.41 Å². The lowest BCUT2D eigenvalue weighted by Crippen LogP contribution is -2.30. The van der Waals surface area contributed by atoms with E-state index in [4.69, 9.17) is 4.74 Å². The summed E-state index contributed by atoms with van der Waals surface area (Å²) in [5, 5.41) is 4.14. The third kappa shape index (κ3) is 4.21. The van der Waals surface area contributed by atoms with E-state index in [9.17, 15) is 4.79 Å². The molecule has 1 amide bonds. The number of hydrogen-bond acceptors (Lipinski definition) is 3. The summed E-state index contributed by atoms with van der Waals surface area (Å²) in [7, 11) is 0. The number of nitrogens with zero attached hydrogens (tertiary/aromatic N) is 1. The lowest BCUT2D eigenvalue weighted by atomic mass is 9.72. The van der Waals surface area contributed by atoms with Gasteiger partial charge in [-0.2, -0.15) is 5.10 Å². The molecule has 0 unspecified atom stereocenters. The van der Waals surface area contributed by atoms with Gasteiger partial charge in [0.1, 0.15) is 0 Å². The molecule has 0 spiro atoms. The minimum Gasteiger partial charge on any atom is -0.449 e. The quantitative estimate of drug-likeness (QED) is 0.736. The van der Waals surface area contributed by atoms with Crippen LogP contribution in [0.25, 0.3) is 0 Å². The predicted molar refractivity (Wildman–Crippen MR) is 64.4 cm³/mol. The monoisotopic (exact) mass is 226 g/mol. The van der Waals surface area contributed by atoms with Crippen molar-refractivity contribution in [3.8, 4) is 0 Å². The molecule has 1 saturated carbocycles. The molecule has 4 heteroatoms. The van der Waals surface area contributed by atoms with Gasteiger partial charge < -0.3 is 4.74 Å². The van der Waals surface area contributed by atoms with Gasteiger partial charge in [-0.3, -0.25) is 0 Å². The van der Waals surface area contributed by atoms with Crippen LogP contribution in [0.4, 0.5) is 4.79 Å². The highest BCUT2D eigenvalue weighted by atomic mass is 16.5. The third-order valence-electron chi connectivity index (χ3n) is 2.75. The van der Waals surface area contributed by atoms with E-state index in [0.29, 0.717) is 12.5 Å². The van der Waals surface area contributed by atoms with Crippen molar-refractivity contribution in [1.29, 1.82) is 0 Å². The van der Waals surface area contributed by atoms with E-state index in [1.807, 2.05) is 0 Å². The minimum absolute atomic E-state index is 0.285. The largest absolute Gasteiger partial charge is 0.449 e. The Balaban J connectivity index is 2.52. The zero-order valence-corrected chi connectivity index (χ0v) is 10.7. The topological polar surface area (TPSA) is 50.7 Å². The van der Waals surface area contributed by atoms with Crippen LogP contribution in [0.1, 0.15) is 47.0 Å². The van der Waals surface area contributed by atoms with E-state index >= 15 is 0 Å². The molecule has 1 aliphatic carbocycles. The van der Waals surface area contributed by atoms with Crippen molar-refractivity contribution in [2.45, 2.75) is 47.0 Å². The molecule has 0 bridgehead atoms.